The number of hydrogen-bond donors (Lipinski definition) is 1. The van der Waals surface area contributed by atoms with Crippen molar-refractivity contribution in [2.24, 2.45) is 0 Å². The zero-order valence-corrected chi connectivity index (χ0v) is 15.9. The summed E-state index contributed by atoms with van der Waals surface area (Å²) >= 11 is 1.15. The number of ether oxygens (including phenoxy) is 3. The van der Waals surface area contributed by atoms with Crippen LogP contribution in [0.15, 0.2) is 29.4 Å². The second-order valence-electron chi connectivity index (χ2n) is 5.45. The molecule has 0 spiro atoms. The first kappa shape index (κ1) is 18.9. The molecule has 2 aromatic heterocycles. The monoisotopic (exact) mass is 389 g/mol. The number of esters is 1. The Labute approximate surface area is 159 Å². The lowest BCUT2D eigenvalue weighted by atomic mass is 10.0. The third-order valence-corrected chi connectivity index (χ3v) is 4.60. The maximum Gasteiger partial charge on any atom is 0.316 e. The Morgan fingerprint density at radius 1 is 1.19 bits per heavy atom. The van der Waals surface area contributed by atoms with Gasteiger partial charge in [-0.25, -0.2) is 4.98 Å². The molecule has 0 atom stereocenters. The minimum Gasteiger partial charge on any atom is -0.497 e. The smallest absolute Gasteiger partial charge is 0.316 e. The number of hydrogen-bond acceptors (Lipinski definition) is 9. The predicted molar refractivity (Wildman–Crippen MR) is 101 cm³/mol. The van der Waals surface area contributed by atoms with Gasteiger partial charge in [-0.15, -0.1) is 5.10 Å². The van der Waals surface area contributed by atoms with E-state index in [0.29, 0.717) is 28.0 Å². The number of nitrogens with two attached hydrogens (primary N) is 1. The zero-order valence-electron chi connectivity index (χ0n) is 15.1. The molecule has 0 unspecified atom stereocenters. The Kier molecular flexibility index (Phi) is 5.77. The maximum atomic E-state index is 11.3. The van der Waals surface area contributed by atoms with Crippen LogP contribution in [0.5, 0.6) is 5.75 Å². The molecular weight excluding hydrogens is 370 g/mol. The normalized spacial score (nSPS) is 10.9. The van der Waals surface area contributed by atoms with E-state index < -0.39 is 0 Å². The van der Waals surface area contributed by atoms with Crippen molar-refractivity contribution >= 4 is 29.3 Å². The van der Waals surface area contributed by atoms with E-state index in [2.05, 4.69) is 19.8 Å². The van der Waals surface area contributed by atoms with E-state index >= 15 is 0 Å². The molecule has 142 valence electrons. The highest BCUT2D eigenvalue weighted by atomic mass is 32.2. The number of aromatic nitrogens is 4. The fraction of sp³-hybridized carbons (Fsp3) is 0.294. The fourth-order valence-corrected chi connectivity index (χ4v) is 3.16. The molecule has 0 aliphatic carbocycles. The summed E-state index contributed by atoms with van der Waals surface area (Å²) in [7, 11) is 4.52. The van der Waals surface area contributed by atoms with Crippen LogP contribution in [0.4, 0.5) is 5.82 Å². The number of carbonyl (C=O) groups excluding carboxylic acids is 1. The Balaban J connectivity index is 2.06. The number of thioether (sulfide) groups is 1. The van der Waals surface area contributed by atoms with E-state index in [0.717, 1.165) is 23.1 Å². The lowest BCUT2D eigenvalue weighted by Gasteiger charge is -2.12. The van der Waals surface area contributed by atoms with Gasteiger partial charge >= 0.3 is 5.97 Å². The van der Waals surface area contributed by atoms with Gasteiger partial charge in [0, 0.05) is 12.7 Å². The van der Waals surface area contributed by atoms with Gasteiger partial charge in [0.15, 0.2) is 0 Å². The van der Waals surface area contributed by atoms with Crippen molar-refractivity contribution < 1.29 is 19.0 Å². The molecule has 2 N–H and O–H groups in total. The molecule has 3 aromatic rings. The molecule has 0 saturated carbocycles. The number of rotatable bonds is 7. The molecule has 0 radical (unpaired) electrons. The highest BCUT2D eigenvalue weighted by molar-refractivity contribution is 7.99. The Bertz CT molecular complexity index is 958. The van der Waals surface area contributed by atoms with Crippen LogP contribution >= 0.6 is 11.8 Å². The van der Waals surface area contributed by atoms with Crippen LogP contribution in [0.3, 0.4) is 0 Å². The highest BCUT2D eigenvalue weighted by Crippen LogP contribution is 2.31. The molecular formula is C17H19N5O4S. The summed E-state index contributed by atoms with van der Waals surface area (Å²) in [6.45, 7) is 0.263. The van der Waals surface area contributed by atoms with Crippen molar-refractivity contribution in [3.05, 3.63) is 30.0 Å². The van der Waals surface area contributed by atoms with Gasteiger partial charge < -0.3 is 19.9 Å². The molecule has 3 rings (SSSR count). The maximum absolute atomic E-state index is 11.3. The predicted octanol–water partition coefficient (Wildman–Crippen LogP) is 1.79. The largest absolute Gasteiger partial charge is 0.497 e. The second kappa shape index (κ2) is 8.23. The standard InChI is InChI=1S/C17H19N5O4S/c1-24-8-12-14(10-4-6-11(25-2)7-5-10)15(18)22-16(19-12)20-17(21-22)27-9-13(23)26-3/h4-7H,8-9,18H2,1-3H3. The van der Waals surface area contributed by atoms with Crippen LogP contribution in [0, 0.1) is 0 Å². The first-order chi connectivity index (χ1) is 13.1. The van der Waals surface area contributed by atoms with E-state index in [4.69, 9.17) is 15.2 Å². The fourth-order valence-electron chi connectivity index (χ4n) is 2.51. The molecule has 10 heteroatoms. The number of benzene rings is 1. The number of anilines is 1. The van der Waals surface area contributed by atoms with E-state index in [1.165, 1.54) is 11.6 Å². The summed E-state index contributed by atoms with van der Waals surface area (Å²) in [5.74, 6) is 1.20. The van der Waals surface area contributed by atoms with Crippen molar-refractivity contribution in [2.75, 3.05) is 32.8 Å². The summed E-state index contributed by atoms with van der Waals surface area (Å²) in [4.78, 5) is 20.2. The third kappa shape index (κ3) is 3.96. The summed E-state index contributed by atoms with van der Waals surface area (Å²) in [6.07, 6.45) is 0. The average Bonchev–Trinajstić information content (AvgIpc) is 3.10. The van der Waals surface area contributed by atoms with Crippen LogP contribution in [0.2, 0.25) is 0 Å². The molecule has 0 amide bonds. The Hall–Kier alpha value is -2.85. The SMILES string of the molecule is COCc1nc2nc(SCC(=O)OC)nn2c(N)c1-c1ccc(OC)cc1. The number of nitrogen functional groups attached to an aromatic ring is 1. The Morgan fingerprint density at radius 2 is 1.93 bits per heavy atom. The van der Waals surface area contributed by atoms with E-state index in [-0.39, 0.29) is 18.3 Å². The first-order valence-corrected chi connectivity index (χ1v) is 8.94. The topological polar surface area (TPSA) is 114 Å². The van der Waals surface area contributed by atoms with Gasteiger partial charge in [0.1, 0.15) is 11.6 Å². The summed E-state index contributed by atoms with van der Waals surface area (Å²) in [6, 6.07) is 7.46. The van der Waals surface area contributed by atoms with Gasteiger partial charge in [-0.2, -0.15) is 9.50 Å². The molecule has 0 bridgehead atoms. The van der Waals surface area contributed by atoms with Gasteiger partial charge in [-0.3, -0.25) is 4.79 Å². The van der Waals surface area contributed by atoms with Crippen molar-refractivity contribution in [3.8, 4) is 16.9 Å². The van der Waals surface area contributed by atoms with Crippen LogP contribution in [-0.4, -0.2) is 52.6 Å². The number of fused-ring (bicyclic) bond motifs is 1. The number of methoxy groups -OCH3 is 3. The number of carbonyl (C=O) groups is 1. The third-order valence-electron chi connectivity index (χ3n) is 3.79. The van der Waals surface area contributed by atoms with Crippen molar-refractivity contribution in [2.45, 2.75) is 11.8 Å². The molecule has 1 aromatic carbocycles. The summed E-state index contributed by atoms with van der Waals surface area (Å²) in [5.41, 5.74) is 8.59. The first-order valence-electron chi connectivity index (χ1n) is 7.95. The quantitative estimate of drug-likeness (QED) is 0.477. The minimum absolute atomic E-state index is 0.101. The minimum atomic E-state index is -0.362. The van der Waals surface area contributed by atoms with Gasteiger partial charge in [0.05, 0.1) is 32.3 Å². The van der Waals surface area contributed by atoms with Crippen molar-refractivity contribution in [1.82, 2.24) is 19.6 Å². The zero-order chi connectivity index (χ0) is 19.4. The van der Waals surface area contributed by atoms with Crippen molar-refractivity contribution in [1.29, 1.82) is 0 Å². The average molecular weight is 389 g/mol. The second-order valence-corrected chi connectivity index (χ2v) is 6.39. The van der Waals surface area contributed by atoms with Gasteiger partial charge in [-0.05, 0) is 17.7 Å². The molecule has 2 heterocycles. The molecule has 27 heavy (non-hydrogen) atoms. The van der Waals surface area contributed by atoms with E-state index in [9.17, 15) is 4.79 Å². The van der Waals surface area contributed by atoms with Crippen LogP contribution < -0.4 is 10.5 Å². The van der Waals surface area contributed by atoms with Crippen LogP contribution in [0.25, 0.3) is 16.9 Å². The van der Waals surface area contributed by atoms with Gasteiger partial charge in [0.2, 0.25) is 5.16 Å². The van der Waals surface area contributed by atoms with Gasteiger partial charge in [0.25, 0.3) is 5.78 Å². The van der Waals surface area contributed by atoms with E-state index in [1.807, 2.05) is 24.3 Å². The highest BCUT2D eigenvalue weighted by Gasteiger charge is 2.18. The molecule has 0 saturated heterocycles. The molecule has 0 aliphatic rings. The molecule has 9 nitrogen and oxygen atoms in total. The molecule has 0 fully saturated rings. The summed E-state index contributed by atoms with van der Waals surface area (Å²) < 4.78 is 16.6. The van der Waals surface area contributed by atoms with Crippen molar-refractivity contribution in [3.63, 3.8) is 0 Å². The summed E-state index contributed by atoms with van der Waals surface area (Å²) in [5, 5.41) is 4.73. The van der Waals surface area contributed by atoms with Crippen LogP contribution in [0.1, 0.15) is 5.69 Å². The Morgan fingerprint density at radius 3 is 2.56 bits per heavy atom. The number of nitrogens with zero attached hydrogens (tertiary/aromatic N) is 4. The lowest BCUT2D eigenvalue weighted by Crippen LogP contribution is -2.08. The van der Waals surface area contributed by atoms with Crippen LogP contribution in [-0.2, 0) is 20.9 Å². The van der Waals surface area contributed by atoms with Gasteiger partial charge in [-0.1, -0.05) is 23.9 Å². The molecule has 0 aliphatic heterocycles. The lowest BCUT2D eigenvalue weighted by molar-refractivity contribution is -0.137. The van der Waals surface area contributed by atoms with E-state index in [1.54, 1.807) is 14.2 Å².